The van der Waals surface area contributed by atoms with Crippen molar-refractivity contribution in [3.63, 3.8) is 0 Å². The van der Waals surface area contributed by atoms with Crippen LogP contribution >= 0.6 is 0 Å². The molecule has 3 nitrogen and oxygen atoms in total. The van der Waals surface area contributed by atoms with E-state index >= 15 is 0 Å². The van der Waals surface area contributed by atoms with Crippen LogP contribution in [0.5, 0.6) is 0 Å². The summed E-state index contributed by atoms with van der Waals surface area (Å²) in [5.74, 6) is 1.05. The van der Waals surface area contributed by atoms with Crippen molar-refractivity contribution in [3.8, 4) is 11.3 Å². The van der Waals surface area contributed by atoms with Crippen molar-refractivity contribution >= 4 is 0 Å². The molecule has 2 heterocycles. The van der Waals surface area contributed by atoms with Crippen LogP contribution in [0.1, 0.15) is 22.6 Å². The van der Waals surface area contributed by atoms with E-state index in [0.717, 1.165) is 17.8 Å². The van der Waals surface area contributed by atoms with E-state index in [0.29, 0.717) is 35.5 Å². The largest absolute Gasteiger partial charge is 0.461 e. The number of nitrogens with zero attached hydrogens (tertiary/aromatic N) is 1. The minimum Gasteiger partial charge on any atom is -0.461 e. The Morgan fingerprint density at radius 3 is 2.36 bits per heavy atom. The highest BCUT2D eigenvalue weighted by molar-refractivity contribution is 5.59. The number of alkyl halides is 3. The van der Waals surface area contributed by atoms with Crippen LogP contribution in [0.3, 0.4) is 0 Å². The van der Waals surface area contributed by atoms with Gasteiger partial charge in [-0.2, -0.15) is 13.2 Å². The fourth-order valence-corrected chi connectivity index (χ4v) is 2.57. The van der Waals surface area contributed by atoms with Crippen molar-refractivity contribution in [1.82, 2.24) is 4.98 Å². The summed E-state index contributed by atoms with van der Waals surface area (Å²) in [4.78, 5) is 4.24. The van der Waals surface area contributed by atoms with Crippen molar-refractivity contribution in [2.75, 3.05) is 0 Å². The fourth-order valence-electron chi connectivity index (χ4n) is 2.57. The van der Waals surface area contributed by atoms with Crippen molar-refractivity contribution in [1.29, 1.82) is 0 Å². The maximum atomic E-state index is 12.6. The van der Waals surface area contributed by atoms with E-state index in [1.807, 2.05) is 18.2 Å². The minimum atomic E-state index is -4.37. The third kappa shape index (κ3) is 4.09. The quantitative estimate of drug-likeness (QED) is 0.731. The van der Waals surface area contributed by atoms with E-state index in [2.05, 4.69) is 4.98 Å². The van der Waals surface area contributed by atoms with Crippen LogP contribution in [0.25, 0.3) is 11.3 Å². The predicted octanol–water partition coefficient (Wildman–Crippen LogP) is 4.64. The van der Waals surface area contributed by atoms with Crippen LogP contribution in [0.4, 0.5) is 13.2 Å². The second kappa shape index (κ2) is 7.11. The average Bonchev–Trinajstić information content (AvgIpc) is 3.03. The Balaban J connectivity index is 1.80. The van der Waals surface area contributed by atoms with E-state index in [1.54, 1.807) is 12.3 Å². The summed E-state index contributed by atoms with van der Waals surface area (Å²) in [5, 5.41) is 9.50. The van der Waals surface area contributed by atoms with Crippen LogP contribution in [-0.4, -0.2) is 10.1 Å². The molecular formula is C19H16F3NO2. The summed E-state index contributed by atoms with van der Waals surface area (Å²) >= 11 is 0. The molecule has 0 saturated carbocycles. The van der Waals surface area contributed by atoms with Crippen LogP contribution in [0, 0.1) is 0 Å². The summed E-state index contributed by atoms with van der Waals surface area (Å²) in [5.41, 5.74) is 1.36. The molecule has 0 fully saturated rings. The number of benzene rings is 1. The van der Waals surface area contributed by atoms with E-state index in [-0.39, 0.29) is 6.61 Å². The van der Waals surface area contributed by atoms with Crippen molar-refractivity contribution in [2.45, 2.75) is 25.6 Å². The molecule has 0 atom stereocenters. The molecule has 0 saturated heterocycles. The Hall–Kier alpha value is -2.60. The predicted molar refractivity (Wildman–Crippen MR) is 86.7 cm³/mol. The molecule has 0 aliphatic carbocycles. The standard InChI is InChI=1S/C19H16F3NO2/c20-19(21,22)15-6-4-13(5-7-15)18-11-14(12-24)17(25-18)9-8-16-3-1-2-10-23-16/h1-7,10-11,24H,8-9,12H2. The second-order valence-corrected chi connectivity index (χ2v) is 5.61. The SMILES string of the molecule is OCc1cc(-c2ccc(C(F)(F)F)cc2)oc1CCc1ccccn1. The molecule has 25 heavy (non-hydrogen) atoms. The summed E-state index contributed by atoms with van der Waals surface area (Å²) in [6, 6.07) is 12.1. The van der Waals surface area contributed by atoms with Gasteiger partial charge in [-0.1, -0.05) is 18.2 Å². The average molecular weight is 347 g/mol. The summed E-state index contributed by atoms with van der Waals surface area (Å²) in [7, 11) is 0. The first-order valence-corrected chi connectivity index (χ1v) is 7.77. The van der Waals surface area contributed by atoms with E-state index in [1.165, 1.54) is 12.1 Å². The lowest BCUT2D eigenvalue weighted by Gasteiger charge is -2.06. The van der Waals surface area contributed by atoms with Gasteiger partial charge in [-0.15, -0.1) is 0 Å². The number of hydrogen-bond donors (Lipinski definition) is 1. The Labute approximate surface area is 142 Å². The molecule has 0 amide bonds. The molecule has 0 bridgehead atoms. The zero-order valence-electron chi connectivity index (χ0n) is 13.3. The Morgan fingerprint density at radius 1 is 1.00 bits per heavy atom. The lowest BCUT2D eigenvalue weighted by Crippen LogP contribution is -2.03. The zero-order chi connectivity index (χ0) is 17.9. The highest BCUT2D eigenvalue weighted by Crippen LogP contribution is 2.32. The number of halogens is 3. The lowest BCUT2D eigenvalue weighted by atomic mass is 10.1. The number of aryl methyl sites for hydroxylation is 2. The number of aromatic nitrogens is 1. The van der Waals surface area contributed by atoms with Crippen LogP contribution in [-0.2, 0) is 25.6 Å². The van der Waals surface area contributed by atoms with Gasteiger partial charge in [0.1, 0.15) is 11.5 Å². The molecule has 3 rings (SSSR count). The van der Waals surface area contributed by atoms with Gasteiger partial charge in [-0.25, -0.2) is 0 Å². The monoisotopic (exact) mass is 347 g/mol. The van der Waals surface area contributed by atoms with Crippen molar-refractivity contribution in [2.24, 2.45) is 0 Å². The first-order chi connectivity index (χ1) is 12.0. The number of rotatable bonds is 5. The van der Waals surface area contributed by atoms with Gasteiger partial charge in [-0.3, -0.25) is 4.98 Å². The molecule has 0 unspecified atom stereocenters. The smallest absolute Gasteiger partial charge is 0.416 e. The molecule has 6 heteroatoms. The van der Waals surface area contributed by atoms with Crippen LogP contribution in [0.15, 0.2) is 59.1 Å². The van der Waals surface area contributed by atoms with E-state index < -0.39 is 11.7 Å². The van der Waals surface area contributed by atoms with E-state index in [9.17, 15) is 18.3 Å². The maximum Gasteiger partial charge on any atom is 0.416 e. The highest BCUT2D eigenvalue weighted by Gasteiger charge is 2.30. The zero-order valence-corrected chi connectivity index (χ0v) is 13.3. The number of aliphatic hydroxyl groups excluding tert-OH is 1. The molecule has 0 aliphatic heterocycles. The van der Waals surface area contributed by atoms with Crippen molar-refractivity contribution < 1.29 is 22.7 Å². The highest BCUT2D eigenvalue weighted by atomic mass is 19.4. The molecule has 0 spiro atoms. The van der Waals surface area contributed by atoms with Gasteiger partial charge in [0.2, 0.25) is 0 Å². The van der Waals surface area contributed by atoms with Gasteiger partial charge >= 0.3 is 6.18 Å². The first-order valence-electron chi connectivity index (χ1n) is 7.77. The van der Waals surface area contributed by atoms with Crippen LogP contribution in [0.2, 0.25) is 0 Å². The lowest BCUT2D eigenvalue weighted by molar-refractivity contribution is -0.137. The van der Waals surface area contributed by atoms with Gasteiger partial charge in [0.05, 0.1) is 12.2 Å². The molecule has 0 radical (unpaired) electrons. The summed E-state index contributed by atoms with van der Waals surface area (Å²) in [6.07, 6.45) is -1.47. The number of aliphatic hydroxyl groups is 1. The molecule has 0 aliphatic rings. The molecular weight excluding hydrogens is 331 g/mol. The Morgan fingerprint density at radius 2 is 1.76 bits per heavy atom. The normalized spacial score (nSPS) is 11.7. The molecule has 130 valence electrons. The number of pyridine rings is 1. The topological polar surface area (TPSA) is 46.3 Å². The minimum absolute atomic E-state index is 0.193. The Bertz CT molecular complexity index is 824. The van der Waals surface area contributed by atoms with Gasteiger partial charge < -0.3 is 9.52 Å². The first kappa shape index (κ1) is 17.2. The number of furan rings is 1. The van der Waals surface area contributed by atoms with Gasteiger partial charge in [0.15, 0.2) is 0 Å². The molecule has 2 aromatic heterocycles. The summed E-state index contributed by atoms with van der Waals surface area (Å²) < 4.78 is 43.7. The van der Waals surface area contributed by atoms with E-state index in [4.69, 9.17) is 4.42 Å². The second-order valence-electron chi connectivity index (χ2n) is 5.61. The Kier molecular flexibility index (Phi) is 4.90. The fraction of sp³-hybridized carbons (Fsp3) is 0.211. The van der Waals surface area contributed by atoms with Gasteiger partial charge in [-0.05, 0) is 36.8 Å². The number of hydrogen-bond acceptors (Lipinski definition) is 3. The molecule has 3 aromatic rings. The van der Waals surface area contributed by atoms with Gasteiger partial charge in [0, 0.05) is 29.4 Å². The summed E-state index contributed by atoms with van der Waals surface area (Å²) in [6.45, 7) is -0.193. The molecule has 1 aromatic carbocycles. The third-order valence-corrected chi connectivity index (χ3v) is 3.90. The van der Waals surface area contributed by atoms with Crippen molar-refractivity contribution in [3.05, 3.63) is 77.3 Å². The third-order valence-electron chi connectivity index (χ3n) is 3.90. The maximum absolute atomic E-state index is 12.6. The van der Waals surface area contributed by atoms with Gasteiger partial charge in [0.25, 0.3) is 0 Å². The van der Waals surface area contributed by atoms with Crippen LogP contribution < -0.4 is 0 Å². The molecule has 1 N–H and O–H groups in total.